The van der Waals surface area contributed by atoms with Gasteiger partial charge in [-0.05, 0) is 56.2 Å². The van der Waals surface area contributed by atoms with Gasteiger partial charge in [-0.3, -0.25) is 4.79 Å². The second-order valence-electron chi connectivity index (χ2n) is 8.59. The number of ether oxygens (including phenoxy) is 1. The highest BCUT2D eigenvalue weighted by Crippen LogP contribution is 2.30. The molecule has 1 unspecified atom stereocenters. The Morgan fingerprint density at radius 3 is 2.71 bits per heavy atom. The van der Waals surface area contributed by atoms with E-state index in [9.17, 15) is 9.59 Å². The van der Waals surface area contributed by atoms with Gasteiger partial charge < -0.3 is 24.7 Å². The number of aromatic nitrogens is 1. The van der Waals surface area contributed by atoms with Gasteiger partial charge in [-0.1, -0.05) is 11.6 Å². The molecule has 2 amide bonds. The number of nitrogens with zero attached hydrogens (tertiary/aromatic N) is 4. The van der Waals surface area contributed by atoms with E-state index < -0.39 is 12.1 Å². The van der Waals surface area contributed by atoms with Gasteiger partial charge in [0, 0.05) is 44.1 Å². The van der Waals surface area contributed by atoms with Crippen LogP contribution in [0.3, 0.4) is 0 Å². The molecule has 0 radical (unpaired) electrons. The van der Waals surface area contributed by atoms with Crippen molar-refractivity contribution in [2.45, 2.75) is 31.8 Å². The van der Waals surface area contributed by atoms with Crippen LogP contribution < -0.4 is 10.2 Å². The predicted molar refractivity (Wildman–Crippen MR) is 131 cm³/mol. The number of hydrogen-bond donors (Lipinski definition) is 1. The van der Waals surface area contributed by atoms with Crippen LogP contribution in [-0.2, 0) is 14.4 Å². The molecule has 0 aliphatic carbocycles. The molecular weight excluding hydrogens is 458 g/mol. The number of carbonyl (C=O) groups excluding carboxylic acids is 2. The second-order valence-corrected chi connectivity index (χ2v) is 9.03. The van der Waals surface area contributed by atoms with E-state index in [1.807, 2.05) is 37.3 Å². The molecule has 0 bridgehead atoms. The van der Waals surface area contributed by atoms with Crippen LogP contribution in [0.5, 0.6) is 0 Å². The zero-order valence-electron chi connectivity index (χ0n) is 19.7. The fourth-order valence-electron chi connectivity index (χ4n) is 4.24. The number of hydrogen-bond acceptors (Lipinski definition) is 7. The van der Waals surface area contributed by atoms with Gasteiger partial charge in [-0.25, -0.2) is 9.78 Å². The molecule has 9 nitrogen and oxygen atoms in total. The number of carbonyl (C=O) groups is 2. The van der Waals surface area contributed by atoms with E-state index in [2.05, 4.69) is 10.2 Å². The Hall–Kier alpha value is -3.04. The van der Waals surface area contributed by atoms with Crippen LogP contribution in [0.4, 0.5) is 10.6 Å². The SMILES string of the molecule is CCNC(=O)OCC1=CC(C(=O)N(C)C)N(C2CCN(c3ccc4cc(Cl)ccc4n3)CC2)O1. The van der Waals surface area contributed by atoms with Crippen LogP contribution in [0.15, 0.2) is 42.2 Å². The molecule has 182 valence electrons. The van der Waals surface area contributed by atoms with Crippen LogP contribution in [0.1, 0.15) is 19.8 Å². The van der Waals surface area contributed by atoms with Crippen LogP contribution >= 0.6 is 11.6 Å². The summed E-state index contributed by atoms with van der Waals surface area (Å²) < 4.78 is 5.19. The van der Waals surface area contributed by atoms with Gasteiger partial charge in [0.05, 0.1) is 11.6 Å². The fraction of sp³-hybridized carbons (Fsp3) is 0.458. The number of nitrogens with one attached hydrogen (secondary N) is 1. The van der Waals surface area contributed by atoms with Gasteiger partial charge in [0.1, 0.15) is 11.9 Å². The number of rotatable bonds is 6. The largest absolute Gasteiger partial charge is 0.441 e. The molecule has 1 aromatic carbocycles. The molecule has 4 rings (SSSR count). The van der Waals surface area contributed by atoms with Crippen molar-refractivity contribution in [2.24, 2.45) is 0 Å². The van der Waals surface area contributed by atoms with E-state index in [0.717, 1.165) is 42.7 Å². The lowest BCUT2D eigenvalue weighted by atomic mass is 10.0. The quantitative estimate of drug-likeness (QED) is 0.669. The van der Waals surface area contributed by atoms with Crippen LogP contribution in [-0.4, -0.2) is 79.4 Å². The summed E-state index contributed by atoms with van der Waals surface area (Å²) in [7, 11) is 3.44. The van der Waals surface area contributed by atoms with Crippen molar-refractivity contribution >= 4 is 40.3 Å². The smallest absolute Gasteiger partial charge is 0.407 e. The molecule has 1 fully saturated rings. The number of halogens is 1. The minimum Gasteiger partial charge on any atom is -0.441 e. The first-order chi connectivity index (χ1) is 16.4. The molecule has 1 saturated heterocycles. The zero-order chi connectivity index (χ0) is 24.2. The molecule has 34 heavy (non-hydrogen) atoms. The molecule has 2 aromatic rings. The zero-order valence-corrected chi connectivity index (χ0v) is 20.4. The number of likely N-dealkylation sites (N-methyl/N-ethyl adjacent to an activating group) is 1. The molecule has 10 heteroatoms. The van der Waals surface area contributed by atoms with E-state index >= 15 is 0 Å². The lowest BCUT2D eigenvalue weighted by Crippen LogP contribution is -2.51. The average molecular weight is 488 g/mol. The number of piperidine rings is 1. The van der Waals surface area contributed by atoms with Crippen molar-refractivity contribution < 1.29 is 19.2 Å². The number of alkyl carbamates (subject to hydrolysis) is 1. The second kappa shape index (κ2) is 10.5. The topological polar surface area (TPSA) is 87.2 Å². The molecule has 2 aliphatic heterocycles. The third kappa shape index (κ3) is 5.37. The highest BCUT2D eigenvalue weighted by atomic mass is 35.5. The molecule has 1 N–H and O–H groups in total. The van der Waals surface area contributed by atoms with Crippen molar-refractivity contribution in [2.75, 3.05) is 45.2 Å². The Labute approximate surface area is 204 Å². The molecular formula is C24H30ClN5O4. The minimum absolute atomic E-state index is 0.0244. The Bertz CT molecular complexity index is 1080. The third-order valence-electron chi connectivity index (χ3n) is 5.99. The highest BCUT2D eigenvalue weighted by Gasteiger charge is 2.40. The van der Waals surface area contributed by atoms with Crippen molar-refractivity contribution in [3.05, 3.63) is 47.2 Å². The summed E-state index contributed by atoms with van der Waals surface area (Å²) in [4.78, 5) is 39.1. The number of fused-ring (bicyclic) bond motifs is 1. The normalized spacial score (nSPS) is 19.0. The number of hydroxylamine groups is 2. The van der Waals surface area contributed by atoms with Crippen molar-refractivity contribution in [3.63, 3.8) is 0 Å². The lowest BCUT2D eigenvalue weighted by molar-refractivity contribution is -0.174. The van der Waals surface area contributed by atoms with Gasteiger partial charge in [0.2, 0.25) is 5.91 Å². The highest BCUT2D eigenvalue weighted by molar-refractivity contribution is 6.31. The van der Waals surface area contributed by atoms with Gasteiger partial charge >= 0.3 is 6.09 Å². The van der Waals surface area contributed by atoms with Crippen molar-refractivity contribution in [1.82, 2.24) is 20.3 Å². The fourth-order valence-corrected chi connectivity index (χ4v) is 4.42. The standard InChI is InChI=1S/C24H30ClN5O4/c1-4-26-24(32)33-15-19-14-21(23(31)28(2)3)30(34-19)18-9-11-29(12-10-18)22-8-5-16-13-17(25)6-7-20(16)27-22/h5-8,13-14,18,21H,4,9-12,15H2,1-3H3,(H,26,32). The summed E-state index contributed by atoms with van der Waals surface area (Å²) in [6, 6.07) is 9.23. The Kier molecular flexibility index (Phi) is 7.43. The average Bonchev–Trinajstić information content (AvgIpc) is 3.26. The maximum atomic E-state index is 12.8. The number of anilines is 1. The van der Waals surface area contributed by atoms with E-state index in [1.165, 1.54) is 0 Å². The summed E-state index contributed by atoms with van der Waals surface area (Å²) in [6.07, 6.45) is 2.83. The summed E-state index contributed by atoms with van der Waals surface area (Å²) >= 11 is 6.08. The molecule has 3 heterocycles. The van der Waals surface area contributed by atoms with Crippen LogP contribution in [0, 0.1) is 0 Å². The first kappa shape index (κ1) is 24.1. The maximum Gasteiger partial charge on any atom is 0.407 e. The molecule has 0 saturated carbocycles. The first-order valence-corrected chi connectivity index (χ1v) is 11.8. The van der Waals surface area contributed by atoms with Crippen molar-refractivity contribution in [1.29, 1.82) is 0 Å². The monoisotopic (exact) mass is 487 g/mol. The minimum atomic E-state index is -0.553. The number of amides is 2. The van der Waals surface area contributed by atoms with E-state index in [1.54, 1.807) is 30.1 Å². The van der Waals surface area contributed by atoms with E-state index in [0.29, 0.717) is 17.3 Å². The number of pyridine rings is 1. The van der Waals surface area contributed by atoms with Crippen molar-refractivity contribution in [3.8, 4) is 0 Å². The summed E-state index contributed by atoms with van der Waals surface area (Å²) in [5, 5.41) is 6.04. The van der Waals surface area contributed by atoms with Crippen LogP contribution in [0.25, 0.3) is 10.9 Å². The third-order valence-corrected chi connectivity index (χ3v) is 6.22. The molecule has 0 spiro atoms. The summed E-state index contributed by atoms with van der Waals surface area (Å²) in [5.74, 6) is 1.31. The van der Waals surface area contributed by atoms with Crippen LogP contribution in [0.2, 0.25) is 5.02 Å². The predicted octanol–water partition coefficient (Wildman–Crippen LogP) is 3.19. The van der Waals surface area contributed by atoms with E-state index in [-0.39, 0.29) is 18.6 Å². The molecule has 2 aliphatic rings. The summed E-state index contributed by atoms with van der Waals surface area (Å²) in [6.45, 7) is 3.83. The van der Waals surface area contributed by atoms with Gasteiger partial charge in [0.25, 0.3) is 0 Å². The Morgan fingerprint density at radius 2 is 2.00 bits per heavy atom. The summed E-state index contributed by atoms with van der Waals surface area (Å²) in [5.41, 5.74) is 0.907. The Balaban J connectivity index is 1.41. The molecule has 1 aromatic heterocycles. The van der Waals surface area contributed by atoms with Gasteiger partial charge in [-0.15, -0.1) is 5.06 Å². The Morgan fingerprint density at radius 1 is 1.24 bits per heavy atom. The van der Waals surface area contributed by atoms with Gasteiger partial charge in [-0.2, -0.15) is 0 Å². The lowest BCUT2D eigenvalue weighted by Gasteiger charge is -2.38. The molecule has 1 atom stereocenters. The first-order valence-electron chi connectivity index (χ1n) is 11.5. The maximum absolute atomic E-state index is 12.8. The number of benzene rings is 1. The van der Waals surface area contributed by atoms with E-state index in [4.69, 9.17) is 26.2 Å². The van der Waals surface area contributed by atoms with Gasteiger partial charge in [0.15, 0.2) is 12.4 Å².